The Hall–Kier alpha value is -5.58. The fourth-order valence-corrected chi connectivity index (χ4v) is 8.11. The van der Waals surface area contributed by atoms with Crippen LogP contribution < -0.4 is 38.1 Å². The Bertz CT molecular complexity index is 1650. The lowest BCUT2D eigenvalue weighted by Crippen LogP contribution is -2.59. The lowest BCUT2D eigenvalue weighted by atomic mass is 10.1. The molecule has 0 spiro atoms. The molecule has 4 aliphatic rings. The number of likely N-dealkylation sites (tertiary alicyclic amines) is 3. The Morgan fingerprint density at radius 1 is 0.750 bits per heavy atom. The van der Waals surface area contributed by atoms with Crippen molar-refractivity contribution in [3.8, 4) is 0 Å². The number of aliphatic carboxylic acids is 2. The van der Waals surface area contributed by atoms with Gasteiger partial charge in [-0.25, -0.2) is 4.79 Å². The van der Waals surface area contributed by atoms with Crippen LogP contribution in [-0.2, 0) is 43.2 Å². The molecule has 0 saturated carbocycles. The quantitative estimate of drug-likeness (QED) is 0.0315. The smallest absolute Gasteiger partial charge is 0.326 e. The highest BCUT2D eigenvalue weighted by Gasteiger charge is 2.44. The Kier molecular flexibility index (Phi) is 17.4. The van der Waals surface area contributed by atoms with Crippen molar-refractivity contribution in [1.29, 1.82) is 0 Å². The fraction of sp³-hybridized carbons (Fsp3) is 0.730. The van der Waals surface area contributed by atoms with Gasteiger partial charge >= 0.3 is 11.9 Å². The topological polar surface area (TPSA) is 349 Å². The van der Waals surface area contributed by atoms with E-state index in [-0.39, 0.29) is 57.2 Å². The number of carboxylic acid groups (broad SMARTS) is 2. The molecule has 7 amide bonds. The zero-order chi connectivity index (χ0) is 44.1. The van der Waals surface area contributed by atoms with Crippen molar-refractivity contribution in [1.82, 2.24) is 41.3 Å². The molecule has 23 heteroatoms. The summed E-state index contributed by atoms with van der Waals surface area (Å²) in [6.07, 6.45) is 1.56. The molecule has 0 radical (unpaired) electrons. The Morgan fingerprint density at radius 3 is 1.98 bits per heavy atom. The van der Waals surface area contributed by atoms with Gasteiger partial charge in [0.2, 0.25) is 41.4 Å². The molecule has 4 heterocycles. The number of rotatable bonds is 20. The maximum Gasteiger partial charge on any atom is 0.326 e. The van der Waals surface area contributed by atoms with Gasteiger partial charge in [-0.05, 0) is 84.1 Å². The standard InChI is InChI=1S/C37H59N11O12/c1-20(49)29(45-31(54)24-9-4-16-46(24)33(56)22-7-2-14-40-22)32(55)42-19-27(50)43-21(12-13-28(51)52)30(53)44-23(8-3-15-41-37(38)39)34(57)47-17-5-10-25(47)35(58)48-18-6-11-26(48)36(59)60/h20-26,29,40,49H,2-19H2,1H3,(H,42,55)(H,43,50)(H,44,53)(H,45,54)(H,51,52)(H,59,60)(H4,38,39,41)/t20-,21+,22+,23+,24+,25+,26+,29+/m1/s1. The Balaban J connectivity index is 1.41. The third-order valence-corrected chi connectivity index (χ3v) is 11.2. The summed E-state index contributed by atoms with van der Waals surface area (Å²) in [5.41, 5.74) is 10.9. The number of nitrogens with one attached hydrogen (secondary N) is 5. The van der Waals surface area contributed by atoms with Crippen molar-refractivity contribution in [3.63, 3.8) is 0 Å². The van der Waals surface area contributed by atoms with Gasteiger partial charge in [0.15, 0.2) is 5.96 Å². The van der Waals surface area contributed by atoms with Crippen molar-refractivity contribution in [3.05, 3.63) is 0 Å². The highest BCUT2D eigenvalue weighted by atomic mass is 16.4. The van der Waals surface area contributed by atoms with E-state index < -0.39 is 115 Å². The minimum atomic E-state index is -1.53. The summed E-state index contributed by atoms with van der Waals surface area (Å²) in [6, 6.07) is -7.62. The first-order valence-electron chi connectivity index (χ1n) is 20.5. The normalized spacial score (nSPS) is 23.2. The number of aliphatic imine (C=N–C) groups is 1. The van der Waals surface area contributed by atoms with Crippen molar-refractivity contribution in [2.45, 2.75) is 132 Å². The predicted octanol–water partition coefficient (Wildman–Crippen LogP) is -4.33. The number of carbonyl (C=O) groups is 9. The van der Waals surface area contributed by atoms with Gasteiger partial charge in [0.25, 0.3) is 0 Å². The van der Waals surface area contributed by atoms with Gasteiger partial charge in [-0.2, -0.15) is 0 Å². The molecule has 12 N–H and O–H groups in total. The third kappa shape index (κ3) is 12.7. The van der Waals surface area contributed by atoms with Crippen molar-refractivity contribution in [2.75, 3.05) is 39.3 Å². The highest BCUT2D eigenvalue weighted by Crippen LogP contribution is 2.26. The number of carbonyl (C=O) groups excluding carboxylic acids is 7. The van der Waals surface area contributed by atoms with Crippen LogP contribution in [0.5, 0.6) is 0 Å². The second-order valence-electron chi connectivity index (χ2n) is 15.6. The number of amides is 7. The minimum Gasteiger partial charge on any atom is -0.481 e. The second kappa shape index (κ2) is 22.1. The number of hydrogen-bond donors (Lipinski definition) is 10. The Labute approximate surface area is 346 Å². The maximum absolute atomic E-state index is 14.1. The van der Waals surface area contributed by atoms with Gasteiger partial charge in [0.1, 0.15) is 36.3 Å². The molecule has 334 valence electrons. The van der Waals surface area contributed by atoms with Gasteiger partial charge in [-0.3, -0.25) is 43.3 Å². The maximum atomic E-state index is 14.1. The molecular formula is C37H59N11O12. The molecular weight excluding hydrogens is 790 g/mol. The van der Waals surface area contributed by atoms with E-state index in [4.69, 9.17) is 11.5 Å². The summed E-state index contributed by atoms with van der Waals surface area (Å²) in [4.78, 5) is 125. The van der Waals surface area contributed by atoms with Gasteiger partial charge < -0.3 is 68.1 Å². The van der Waals surface area contributed by atoms with E-state index in [9.17, 15) is 58.5 Å². The number of nitrogens with zero attached hydrogens (tertiary/aromatic N) is 4. The molecule has 0 unspecified atom stereocenters. The van der Waals surface area contributed by atoms with Crippen molar-refractivity contribution < 1.29 is 58.5 Å². The first-order valence-corrected chi connectivity index (χ1v) is 20.5. The van der Waals surface area contributed by atoms with Gasteiger partial charge in [0, 0.05) is 32.6 Å². The molecule has 0 aliphatic carbocycles. The first-order chi connectivity index (χ1) is 28.5. The van der Waals surface area contributed by atoms with Crippen LogP contribution in [0.3, 0.4) is 0 Å². The first kappa shape index (κ1) is 47.1. The van der Waals surface area contributed by atoms with E-state index in [1.54, 1.807) is 0 Å². The van der Waals surface area contributed by atoms with Crippen LogP contribution in [0.2, 0.25) is 0 Å². The molecule has 8 atom stereocenters. The van der Waals surface area contributed by atoms with E-state index in [1.807, 2.05) is 0 Å². The molecule has 4 fully saturated rings. The minimum absolute atomic E-state index is 0.0351. The van der Waals surface area contributed by atoms with E-state index in [1.165, 1.54) is 21.6 Å². The van der Waals surface area contributed by atoms with Crippen molar-refractivity contribution >= 4 is 59.2 Å². The molecule has 4 rings (SSSR count). The molecule has 4 aliphatic heterocycles. The van der Waals surface area contributed by atoms with Gasteiger partial charge in [-0.1, -0.05) is 0 Å². The molecule has 60 heavy (non-hydrogen) atoms. The summed E-state index contributed by atoms with van der Waals surface area (Å²) in [6.45, 7) is 1.96. The van der Waals surface area contributed by atoms with Crippen LogP contribution in [0.4, 0.5) is 0 Å². The van der Waals surface area contributed by atoms with Crippen LogP contribution in [0.1, 0.15) is 84.0 Å². The number of nitrogens with two attached hydrogens (primary N) is 2. The van der Waals surface area contributed by atoms with E-state index in [0.717, 1.165) is 6.42 Å². The lowest BCUT2D eigenvalue weighted by molar-refractivity contribution is -0.152. The van der Waals surface area contributed by atoms with Gasteiger partial charge in [-0.15, -0.1) is 0 Å². The Morgan fingerprint density at radius 2 is 1.38 bits per heavy atom. The lowest BCUT2D eigenvalue weighted by Gasteiger charge is -2.32. The number of guanidine groups is 1. The molecule has 0 aromatic carbocycles. The van der Waals surface area contributed by atoms with E-state index in [0.29, 0.717) is 45.2 Å². The van der Waals surface area contributed by atoms with Crippen LogP contribution in [0.15, 0.2) is 4.99 Å². The average Bonchev–Trinajstić information content (AvgIpc) is 4.04. The number of hydrogen-bond acceptors (Lipinski definition) is 12. The highest BCUT2D eigenvalue weighted by molar-refractivity contribution is 5.97. The second-order valence-corrected chi connectivity index (χ2v) is 15.6. The van der Waals surface area contributed by atoms with E-state index in [2.05, 4.69) is 31.6 Å². The summed E-state index contributed by atoms with van der Waals surface area (Å²) in [5, 5.41) is 42.3. The van der Waals surface area contributed by atoms with Crippen LogP contribution in [0, 0.1) is 0 Å². The molecule has 0 bridgehead atoms. The van der Waals surface area contributed by atoms with E-state index >= 15 is 0 Å². The predicted molar refractivity (Wildman–Crippen MR) is 210 cm³/mol. The summed E-state index contributed by atoms with van der Waals surface area (Å²) in [5.74, 6) is -7.53. The van der Waals surface area contributed by atoms with Gasteiger partial charge in [0.05, 0.1) is 18.7 Å². The summed E-state index contributed by atoms with van der Waals surface area (Å²) < 4.78 is 0. The number of aliphatic hydroxyl groups excluding tert-OH is 1. The number of aliphatic hydroxyl groups is 1. The third-order valence-electron chi connectivity index (χ3n) is 11.2. The monoisotopic (exact) mass is 849 g/mol. The van der Waals surface area contributed by atoms with Crippen molar-refractivity contribution in [2.24, 2.45) is 16.5 Å². The largest absolute Gasteiger partial charge is 0.481 e. The molecule has 23 nitrogen and oxygen atoms in total. The fourth-order valence-electron chi connectivity index (χ4n) is 8.11. The zero-order valence-electron chi connectivity index (χ0n) is 33.8. The zero-order valence-corrected chi connectivity index (χ0v) is 33.8. The van der Waals surface area contributed by atoms with Crippen LogP contribution in [0.25, 0.3) is 0 Å². The number of carboxylic acids is 2. The molecule has 4 saturated heterocycles. The molecule has 0 aromatic rings. The SMILES string of the molecule is C[C@@H](O)[C@H](NC(=O)[C@@H]1CCCN1C(=O)[C@@H]1CCCN1)C(=O)NCC(=O)N[C@@H](CCC(=O)O)C(=O)N[C@@H](CCCN=C(N)N)C(=O)N1CCC[C@H]1C(=O)N1CCC[C@H]1C(=O)O. The summed E-state index contributed by atoms with van der Waals surface area (Å²) in [7, 11) is 0. The summed E-state index contributed by atoms with van der Waals surface area (Å²) >= 11 is 0. The average molecular weight is 850 g/mol. The van der Waals surface area contributed by atoms with Crippen LogP contribution in [-0.4, -0.2) is 177 Å². The van der Waals surface area contributed by atoms with Crippen LogP contribution >= 0.6 is 0 Å². The molecule has 0 aromatic heterocycles.